The molecule has 0 aromatic carbocycles. The molecular formula is C18H28O5. The Labute approximate surface area is 137 Å². The Morgan fingerprint density at radius 2 is 1.70 bits per heavy atom. The van der Waals surface area contributed by atoms with E-state index >= 15 is 0 Å². The van der Waals surface area contributed by atoms with Gasteiger partial charge in [-0.25, -0.2) is 0 Å². The van der Waals surface area contributed by atoms with Crippen molar-refractivity contribution in [2.24, 2.45) is 16.7 Å². The fraction of sp³-hybridized carbons (Fsp3) is 1.00. The highest BCUT2D eigenvalue weighted by Crippen LogP contribution is 2.80. The molecule has 23 heavy (non-hydrogen) atoms. The Hall–Kier alpha value is -0.200. The molecular weight excluding hydrogens is 296 g/mol. The molecule has 130 valence electrons. The van der Waals surface area contributed by atoms with E-state index in [1.54, 1.807) is 0 Å². The van der Waals surface area contributed by atoms with E-state index in [-0.39, 0.29) is 29.0 Å². The molecule has 3 saturated heterocycles. The van der Waals surface area contributed by atoms with Gasteiger partial charge in [0, 0.05) is 11.8 Å². The minimum Gasteiger partial charge on any atom is -0.387 e. The number of aliphatic hydroxyl groups excluding tert-OH is 2. The molecule has 5 rings (SSSR count). The van der Waals surface area contributed by atoms with Crippen LogP contribution in [0, 0.1) is 16.7 Å². The minimum atomic E-state index is -0.970. The van der Waals surface area contributed by atoms with Crippen molar-refractivity contribution in [3.05, 3.63) is 0 Å². The maximum absolute atomic E-state index is 11.3. The molecule has 3 aliphatic heterocycles. The van der Waals surface area contributed by atoms with Gasteiger partial charge in [-0.05, 0) is 32.1 Å². The average molecular weight is 324 g/mol. The first-order valence-corrected chi connectivity index (χ1v) is 8.97. The quantitative estimate of drug-likeness (QED) is 0.708. The molecule has 0 amide bonds. The summed E-state index contributed by atoms with van der Waals surface area (Å²) in [6.45, 7) is 10.5. The molecule has 0 aromatic rings. The van der Waals surface area contributed by atoms with Crippen LogP contribution in [0.2, 0.25) is 0 Å². The van der Waals surface area contributed by atoms with E-state index in [0.717, 1.165) is 12.8 Å². The van der Waals surface area contributed by atoms with Crippen LogP contribution in [-0.4, -0.2) is 51.6 Å². The second-order valence-electron chi connectivity index (χ2n) is 9.60. The first kappa shape index (κ1) is 15.1. The molecule has 0 aromatic heterocycles. The van der Waals surface area contributed by atoms with E-state index in [2.05, 4.69) is 20.8 Å². The molecule has 5 heteroatoms. The van der Waals surface area contributed by atoms with E-state index in [1.807, 2.05) is 13.8 Å². The number of hydrogen-bond donors (Lipinski definition) is 2. The Morgan fingerprint density at radius 1 is 1.00 bits per heavy atom. The average Bonchev–Trinajstić information content (AvgIpc) is 2.82. The van der Waals surface area contributed by atoms with Crippen molar-refractivity contribution >= 4 is 0 Å². The molecule has 4 bridgehead atoms. The molecule has 5 nitrogen and oxygen atoms in total. The predicted octanol–water partition coefficient (Wildman–Crippen LogP) is 1.60. The third kappa shape index (κ3) is 1.19. The summed E-state index contributed by atoms with van der Waals surface area (Å²) >= 11 is 0. The standard InChI is InChI=1S/C18H28O5/c1-9-8-17-13-15(4)10(22-17)6-7-14(2,3)18(15,23-17)12(20)11(19)16(13,5)21-9/h9-13,19-20H,6-8H2,1-5H3/t9?,10-,11-,12-,13?,15+,16+,17-,18+/m0/s1. The Bertz CT molecular complexity index is 592. The molecule has 2 unspecified atom stereocenters. The van der Waals surface area contributed by atoms with Crippen LogP contribution in [0.15, 0.2) is 0 Å². The molecule has 0 radical (unpaired) electrons. The smallest absolute Gasteiger partial charge is 0.178 e. The van der Waals surface area contributed by atoms with Crippen LogP contribution >= 0.6 is 0 Å². The van der Waals surface area contributed by atoms with E-state index in [0.29, 0.717) is 6.42 Å². The van der Waals surface area contributed by atoms with Gasteiger partial charge in [0.05, 0.1) is 18.1 Å². The Morgan fingerprint density at radius 3 is 2.39 bits per heavy atom. The Kier molecular flexibility index (Phi) is 2.40. The van der Waals surface area contributed by atoms with Gasteiger partial charge in [0.15, 0.2) is 5.79 Å². The van der Waals surface area contributed by atoms with Crippen LogP contribution in [0.1, 0.15) is 53.9 Å². The first-order chi connectivity index (χ1) is 10.6. The zero-order chi connectivity index (χ0) is 16.6. The maximum Gasteiger partial charge on any atom is 0.178 e. The van der Waals surface area contributed by atoms with Gasteiger partial charge >= 0.3 is 0 Å². The summed E-state index contributed by atoms with van der Waals surface area (Å²) in [6.07, 6.45) is 0.610. The second kappa shape index (κ2) is 3.65. The van der Waals surface area contributed by atoms with Crippen LogP contribution in [0.3, 0.4) is 0 Å². The van der Waals surface area contributed by atoms with Gasteiger partial charge in [-0.2, -0.15) is 0 Å². The highest BCUT2D eigenvalue weighted by molar-refractivity contribution is 5.36. The van der Waals surface area contributed by atoms with Gasteiger partial charge in [0.1, 0.15) is 23.4 Å². The highest BCUT2D eigenvalue weighted by Gasteiger charge is 2.91. The third-order valence-corrected chi connectivity index (χ3v) is 8.12. The third-order valence-electron chi connectivity index (χ3n) is 8.12. The van der Waals surface area contributed by atoms with Crippen molar-refractivity contribution in [3.63, 3.8) is 0 Å². The van der Waals surface area contributed by atoms with Crippen molar-refractivity contribution in [1.29, 1.82) is 0 Å². The van der Waals surface area contributed by atoms with E-state index in [1.165, 1.54) is 0 Å². The van der Waals surface area contributed by atoms with Crippen LogP contribution in [0.4, 0.5) is 0 Å². The first-order valence-electron chi connectivity index (χ1n) is 8.97. The summed E-state index contributed by atoms with van der Waals surface area (Å²) in [5.74, 6) is -0.788. The second-order valence-corrected chi connectivity index (χ2v) is 9.60. The number of ether oxygens (including phenoxy) is 3. The molecule has 5 fully saturated rings. The van der Waals surface area contributed by atoms with Gasteiger partial charge in [0.2, 0.25) is 0 Å². The molecule has 5 aliphatic rings. The molecule has 9 atom stereocenters. The van der Waals surface area contributed by atoms with E-state index < -0.39 is 29.2 Å². The topological polar surface area (TPSA) is 68.2 Å². The van der Waals surface area contributed by atoms with Crippen molar-refractivity contribution in [2.75, 3.05) is 0 Å². The Balaban J connectivity index is 1.84. The summed E-state index contributed by atoms with van der Waals surface area (Å²) in [5, 5.41) is 22.3. The lowest BCUT2D eigenvalue weighted by molar-refractivity contribution is -0.381. The number of rotatable bonds is 0. The molecule has 2 saturated carbocycles. The summed E-state index contributed by atoms with van der Waals surface area (Å²) < 4.78 is 19.5. The molecule has 3 heterocycles. The fourth-order valence-corrected chi connectivity index (χ4v) is 7.64. The van der Waals surface area contributed by atoms with Gasteiger partial charge in [0.25, 0.3) is 0 Å². The van der Waals surface area contributed by atoms with Gasteiger partial charge in [-0.1, -0.05) is 20.8 Å². The zero-order valence-corrected chi connectivity index (χ0v) is 14.6. The van der Waals surface area contributed by atoms with Crippen LogP contribution < -0.4 is 0 Å². The van der Waals surface area contributed by atoms with Crippen molar-refractivity contribution in [2.45, 2.75) is 95.3 Å². The fourth-order valence-electron chi connectivity index (χ4n) is 7.64. The number of aliphatic hydroxyl groups is 2. The lowest BCUT2D eigenvalue weighted by Gasteiger charge is -2.66. The monoisotopic (exact) mass is 324 g/mol. The lowest BCUT2D eigenvalue weighted by atomic mass is 9.42. The maximum atomic E-state index is 11.3. The number of hydrogen-bond acceptors (Lipinski definition) is 5. The normalized spacial score (nSPS) is 68.2. The van der Waals surface area contributed by atoms with Crippen molar-refractivity contribution in [3.8, 4) is 0 Å². The summed E-state index contributed by atoms with van der Waals surface area (Å²) in [6, 6.07) is 0. The summed E-state index contributed by atoms with van der Waals surface area (Å²) in [7, 11) is 0. The SMILES string of the molecule is CC1C[C@]23O[C@H]4CCC(C)(C)[C@]5(O2)[C@@H](O)[C@H](O)[C@@](C)(O1)C3[C@@]45C. The van der Waals surface area contributed by atoms with Crippen LogP contribution in [0.5, 0.6) is 0 Å². The van der Waals surface area contributed by atoms with Gasteiger partial charge in [-0.3, -0.25) is 0 Å². The van der Waals surface area contributed by atoms with Crippen molar-refractivity contribution in [1.82, 2.24) is 0 Å². The zero-order valence-electron chi connectivity index (χ0n) is 14.6. The van der Waals surface area contributed by atoms with Gasteiger partial charge < -0.3 is 24.4 Å². The molecule has 2 aliphatic carbocycles. The largest absolute Gasteiger partial charge is 0.387 e. The van der Waals surface area contributed by atoms with Crippen LogP contribution in [-0.2, 0) is 14.2 Å². The highest BCUT2D eigenvalue weighted by atomic mass is 16.8. The summed E-state index contributed by atoms with van der Waals surface area (Å²) in [5.41, 5.74) is -2.19. The van der Waals surface area contributed by atoms with E-state index in [9.17, 15) is 10.2 Å². The summed E-state index contributed by atoms with van der Waals surface area (Å²) in [4.78, 5) is 0. The predicted molar refractivity (Wildman–Crippen MR) is 81.6 cm³/mol. The molecule has 2 N–H and O–H groups in total. The molecule has 0 spiro atoms. The van der Waals surface area contributed by atoms with E-state index in [4.69, 9.17) is 14.2 Å². The van der Waals surface area contributed by atoms with Gasteiger partial charge in [-0.15, -0.1) is 0 Å². The minimum absolute atomic E-state index is 0.0540. The van der Waals surface area contributed by atoms with Crippen molar-refractivity contribution < 1.29 is 24.4 Å². The lowest BCUT2D eigenvalue weighted by Crippen LogP contribution is -2.79. The van der Waals surface area contributed by atoms with Crippen LogP contribution in [0.25, 0.3) is 0 Å².